The van der Waals surface area contributed by atoms with Gasteiger partial charge in [-0.1, -0.05) is 66.5 Å². The van der Waals surface area contributed by atoms with Gasteiger partial charge in [0.15, 0.2) is 0 Å². The van der Waals surface area contributed by atoms with Crippen LogP contribution >= 0.6 is 0 Å². The highest BCUT2D eigenvalue weighted by molar-refractivity contribution is 5.66. The monoisotopic (exact) mass is 468 g/mol. The number of esters is 1. The quantitative estimate of drug-likeness (QED) is 0.284. The summed E-state index contributed by atoms with van der Waals surface area (Å²) < 4.78 is 5.89. The second-order valence-electron chi connectivity index (χ2n) is 15.7. The molecule has 0 radical (unpaired) electrons. The fourth-order valence-corrected chi connectivity index (χ4v) is 10.8. The number of allylic oxidation sites excluding steroid dienone is 2. The van der Waals surface area contributed by atoms with Gasteiger partial charge in [-0.2, -0.15) is 0 Å². The van der Waals surface area contributed by atoms with Crippen LogP contribution in [0.2, 0.25) is 0 Å². The Morgan fingerprint density at radius 1 is 0.765 bits per heavy atom. The van der Waals surface area contributed by atoms with Gasteiger partial charge in [0.05, 0.1) is 0 Å². The van der Waals surface area contributed by atoms with Crippen molar-refractivity contribution in [1.82, 2.24) is 0 Å². The third kappa shape index (κ3) is 3.21. The molecule has 0 saturated heterocycles. The smallest absolute Gasteiger partial charge is 0.302 e. The fourth-order valence-electron chi connectivity index (χ4n) is 10.8. The molecule has 0 amide bonds. The van der Waals surface area contributed by atoms with Gasteiger partial charge in [-0.05, 0) is 110 Å². The van der Waals surface area contributed by atoms with E-state index in [1.54, 1.807) is 6.92 Å². The lowest BCUT2D eigenvalue weighted by atomic mass is 9.35. The number of rotatable bonds is 1. The number of carbonyl (C=O) groups excluding carboxylic acids is 1. The lowest BCUT2D eigenvalue weighted by molar-refractivity contribution is -0.171. The predicted molar refractivity (Wildman–Crippen MR) is 140 cm³/mol. The van der Waals surface area contributed by atoms with Gasteiger partial charge in [0, 0.05) is 12.3 Å². The van der Waals surface area contributed by atoms with Gasteiger partial charge >= 0.3 is 5.97 Å². The lowest BCUT2D eigenvalue weighted by Crippen LogP contribution is -2.61. The minimum atomic E-state index is -0.112. The highest BCUT2D eigenvalue weighted by Gasteiger charge is 2.66. The second-order valence-corrected chi connectivity index (χ2v) is 15.7. The molecular weight excluding hydrogens is 416 g/mol. The molecule has 0 heterocycles. The molecule has 2 nitrogen and oxygen atoms in total. The maximum absolute atomic E-state index is 11.9. The van der Waals surface area contributed by atoms with Gasteiger partial charge in [-0.25, -0.2) is 0 Å². The summed E-state index contributed by atoms with van der Waals surface area (Å²) in [6.45, 7) is 22.1. The maximum atomic E-state index is 11.9. The number of ether oxygens (including phenoxy) is 1. The van der Waals surface area contributed by atoms with E-state index in [9.17, 15) is 4.79 Å². The van der Waals surface area contributed by atoms with Crippen LogP contribution in [0.4, 0.5) is 0 Å². The van der Waals surface area contributed by atoms with Crippen molar-refractivity contribution in [3.63, 3.8) is 0 Å². The number of hydrogen-bond acceptors (Lipinski definition) is 2. The molecule has 3 fully saturated rings. The first-order chi connectivity index (χ1) is 15.6. The Morgan fingerprint density at radius 2 is 1.44 bits per heavy atom. The molecule has 0 bridgehead atoms. The average molecular weight is 469 g/mol. The van der Waals surface area contributed by atoms with Crippen molar-refractivity contribution in [3.05, 3.63) is 11.1 Å². The van der Waals surface area contributed by atoms with E-state index < -0.39 is 0 Å². The highest BCUT2D eigenvalue weighted by atomic mass is 16.5. The molecule has 0 aliphatic heterocycles. The Bertz CT molecular complexity index is 910. The molecule has 0 aromatic rings. The molecule has 192 valence electrons. The van der Waals surface area contributed by atoms with Gasteiger partial charge in [0.25, 0.3) is 0 Å². The zero-order valence-electron chi connectivity index (χ0n) is 23.8. The van der Waals surface area contributed by atoms with E-state index in [1.165, 1.54) is 64.2 Å². The normalized spacial score (nSPS) is 49.3. The molecule has 0 aromatic carbocycles. The molecule has 34 heavy (non-hydrogen) atoms. The molecule has 0 spiro atoms. The summed E-state index contributed by atoms with van der Waals surface area (Å²) in [6.07, 6.45) is 14.5. The van der Waals surface area contributed by atoms with Crippen molar-refractivity contribution in [2.45, 2.75) is 139 Å². The SMILES string of the molecule is CC(=O)O[C@H]1CC[C@]2(C)C3=C(CC[C@H]2C1(C)C)[C@@]1(C)CC[C@@]2(C)CCC(C)(C)C[C@H]2[C@]1(C)CC3. The van der Waals surface area contributed by atoms with Crippen LogP contribution in [0, 0.1) is 44.3 Å². The van der Waals surface area contributed by atoms with Crippen LogP contribution in [0.5, 0.6) is 0 Å². The van der Waals surface area contributed by atoms with Crippen LogP contribution in [-0.4, -0.2) is 12.1 Å². The first kappa shape index (κ1) is 24.9. The van der Waals surface area contributed by atoms with Crippen molar-refractivity contribution < 1.29 is 9.53 Å². The van der Waals surface area contributed by atoms with Gasteiger partial charge in [0.2, 0.25) is 0 Å². The first-order valence-electron chi connectivity index (χ1n) is 14.5. The zero-order valence-corrected chi connectivity index (χ0v) is 23.8. The van der Waals surface area contributed by atoms with Crippen LogP contribution in [0.15, 0.2) is 11.1 Å². The summed E-state index contributed by atoms with van der Waals surface area (Å²) in [4.78, 5) is 11.9. The maximum Gasteiger partial charge on any atom is 0.302 e. The van der Waals surface area contributed by atoms with E-state index in [-0.39, 0.29) is 22.9 Å². The summed E-state index contributed by atoms with van der Waals surface area (Å²) in [5, 5.41) is 0. The second kappa shape index (κ2) is 7.38. The van der Waals surface area contributed by atoms with Crippen LogP contribution in [-0.2, 0) is 9.53 Å². The van der Waals surface area contributed by atoms with Crippen molar-refractivity contribution in [2.24, 2.45) is 44.3 Å². The zero-order chi connectivity index (χ0) is 24.9. The van der Waals surface area contributed by atoms with E-state index in [0.29, 0.717) is 27.6 Å². The van der Waals surface area contributed by atoms with Gasteiger partial charge < -0.3 is 4.74 Å². The molecule has 0 N–H and O–H groups in total. The topological polar surface area (TPSA) is 26.3 Å². The summed E-state index contributed by atoms with van der Waals surface area (Å²) in [5.74, 6) is 1.34. The minimum absolute atomic E-state index is 0.0391. The number of hydrogen-bond donors (Lipinski definition) is 0. The van der Waals surface area contributed by atoms with Crippen molar-refractivity contribution >= 4 is 5.97 Å². The van der Waals surface area contributed by atoms with Crippen LogP contribution in [0.3, 0.4) is 0 Å². The molecule has 7 atom stereocenters. The molecule has 3 saturated carbocycles. The van der Waals surface area contributed by atoms with Crippen molar-refractivity contribution in [2.75, 3.05) is 0 Å². The third-order valence-electron chi connectivity index (χ3n) is 13.2. The van der Waals surface area contributed by atoms with E-state index in [0.717, 1.165) is 12.3 Å². The summed E-state index contributed by atoms with van der Waals surface area (Å²) in [5.41, 5.74) is 5.83. The Balaban J connectivity index is 1.54. The Kier molecular flexibility index (Phi) is 5.40. The van der Waals surface area contributed by atoms with Gasteiger partial charge in [-0.15, -0.1) is 0 Å². The van der Waals surface area contributed by atoms with E-state index >= 15 is 0 Å². The summed E-state index contributed by atoms with van der Waals surface area (Å²) >= 11 is 0. The molecular formula is C32H52O2. The lowest BCUT2D eigenvalue weighted by Gasteiger charge is -2.69. The molecule has 5 rings (SSSR count). The van der Waals surface area contributed by atoms with Gasteiger partial charge in [0.1, 0.15) is 6.10 Å². The fraction of sp³-hybridized carbons (Fsp3) is 0.906. The van der Waals surface area contributed by atoms with Gasteiger partial charge in [-0.3, -0.25) is 4.79 Å². The standard InChI is InChI=1S/C32H52O2/c1-21(33)34-26-13-14-30(7)22-12-15-32(9)25-20-27(2,3)16-17-29(25,6)18-19-31(32,8)23(22)10-11-24(30)28(26,4)5/h24-26H,10-20H2,1-9H3/t24-,25+,26-,29+,30+,31+,32-/m0/s1. The summed E-state index contributed by atoms with van der Waals surface area (Å²) in [6, 6.07) is 0. The van der Waals surface area contributed by atoms with Crippen molar-refractivity contribution in [1.29, 1.82) is 0 Å². The van der Waals surface area contributed by atoms with Crippen LogP contribution in [0.25, 0.3) is 0 Å². The largest absolute Gasteiger partial charge is 0.462 e. The Hall–Kier alpha value is -0.790. The number of carbonyl (C=O) groups is 1. The Morgan fingerprint density at radius 3 is 2.12 bits per heavy atom. The first-order valence-corrected chi connectivity index (χ1v) is 14.5. The predicted octanol–water partition coefficient (Wildman–Crippen LogP) is 8.88. The van der Waals surface area contributed by atoms with E-state index in [1.807, 2.05) is 11.1 Å². The Labute approximate surface area is 210 Å². The summed E-state index contributed by atoms with van der Waals surface area (Å²) in [7, 11) is 0. The average Bonchev–Trinajstić information content (AvgIpc) is 2.73. The van der Waals surface area contributed by atoms with E-state index in [4.69, 9.17) is 4.74 Å². The van der Waals surface area contributed by atoms with E-state index in [2.05, 4.69) is 55.4 Å². The number of fused-ring (bicyclic) bond motifs is 6. The van der Waals surface area contributed by atoms with Crippen LogP contribution < -0.4 is 0 Å². The molecule has 0 unspecified atom stereocenters. The molecule has 5 aliphatic carbocycles. The minimum Gasteiger partial charge on any atom is -0.462 e. The van der Waals surface area contributed by atoms with Crippen molar-refractivity contribution in [3.8, 4) is 0 Å². The molecule has 0 aromatic heterocycles. The molecule has 2 heteroatoms. The third-order valence-corrected chi connectivity index (χ3v) is 13.2. The highest BCUT2D eigenvalue weighted by Crippen LogP contribution is 2.75. The molecule has 5 aliphatic rings. The van der Waals surface area contributed by atoms with Crippen LogP contribution in [0.1, 0.15) is 133 Å².